The molecule has 118 valence electrons. The van der Waals surface area contributed by atoms with Gasteiger partial charge in [-0.1, -0.05) is 49.1 Å². The number of rotatable bonds is 5. The Morgan fingerprint density at radius 2 is 1.73 bits per heavy atom. The normalized spacial score (nSPS) is 15.8. The molecule has 0 aromatic heterocycles. The summed E-state index contributed by atoms with van der Waals surface area (Å²) in [6, 6.07) is 7.88. The van der Waals surface area contributed by atoms with Crippen molar-refractivity contribution in [1.82, 2.24) is 0 Å². The van der Waals surface area contributed by atoms with Crippen LogP contribution in [0.15, 0.2) is 41.5 Å². The van der Waals surface area contributed by atoms with Gasteiger partial charge in [-0.25, -0.2) is 0 Å². The molecule has 2 heteroatoms. The maximum Gasteiger partial charge on any atom is 0.165 e. The highest BCUT2D eigenvalue weighted by Crippen LogP contribution is 2.28. The van der Waals surface area contributed by atoms with Gasteiger partial charge in [-0.2, -0.15) is 0 Å². The number of carbonyl (C=O) groups excluding carboxylic acids is 1. The SMILES string of the molecule is COc1ccc(/C=C/C(C(=O)C2CCCCC2)=C(C)C)cc1. The van der Waals surface area contributed by atoms with Crippen molar-refractivity contribution in [2.24, 2.45) is 5.92 Å². The summed E-state index contributed by atoms with van der Waals surface area (Å²) in [5.41, 5.74) is 3.05. The van der Waals surface area contributed by atoms with Crippen LogP contribution in [0.25, 0.3) is 6.08 Å². The second kappa shape index (κ2) is 7.98. The van der Waals surface area contributed by atoms with Crippen molar-refractivity contribution in [2.75, 3.05) is 7.11 Å². The van der Waals surface area contributed by atoms with Crippen LogP contribution in [0.2, 0.25) is 0 Å². The van der Waals surface area contributed by atoms with Crippen LogP contribution in [0.3, 0.4) is 0 Å². The van der Waals surface area contributed by atoms with Crippen molar-refractivity contribution in [3.63, 3.8) is 0 Å². The summed E-state index contributed by atoms with van der Waals surface area (Å²) in [5, 5.41) is 0. The number of hydrogen-bond donors (Lipinski definition) is 0. The van der Waals surface area contributed by atoms with Crippen LogP contribution >= 0.6 is 0 Å². The van der Waals surface area contributed by atoms with Crippen LogP contribution in [-0.2, 0) is 4.79 Å². The first-order chi connectivity index (χ1) is 10.6. The van der Waals surface area contributed by atoms with E-state index >= 15 is 0 Å². The molecule has 1 aromatic rings. The summed E-state index contributed by atoms with van der Waals surface area (Å²) in [4.78, 5) is 12.7. The van der Waals surface area contributed by atoms with Gasteiger partial charge in [0.25, 0.3) is 0 Å². The van der Waals surface area contributed by atoms with Crippen LogP contribution in [-0.4, -0.2) is 12.9 Å². The second-order valence-electron chi connectivity index (χ2n) is 6.22. The lowest BCUT2D eigenvalue weighted by atomic mass is 9.82. The molecule has 2 rings (SSSR count). The van der Waals surface area contributed by atoms with Crippen molar-refractivity contribution in [3.8, 4) is 5.75 Å². The Kier molecular flexibility index (Phi) is 6.00. The molecule has 0 heterocycles. The van der Waals surface area contributed by atoms with Gasteiger partial charge < -0.3 is 4.74 Å². The number of hydrogen-bond acceptors (Lipinski definition) is 2. The minimum atomic E-state index is 0.221. The lowest BCUT2D eigenvalue weighted by molar-refractivity contribution is -0.119. The first-order valence-corrected chi connectivity index (χ1v) is 8.15. The molecule has 0 atom stereocenters. The van der Waals surface area contributed by atoms with E-state index in [0.29, 0.717) is 5.78 Å². The lowest BCUT2D eigenvalue weighted by Gasteiger charge is -2.21. The monoisotopic (exact) mass is 298 g/mol. The van der Waals surface area contributed by atoms with Gasteiger partial charge in [-0.05, 0) is 44.4 Å². The Morgan fingerprint density at radius 1 is 1.09 bits per heavy atom. The van der Waals surface area contributed by atoms with E-state index in [0.717, 1.165) is 35.3 Å². The number of ether oxygens (including phenoxy) is 1. The average Bonchev–Trinajstić information content (AvgIpc) is 2.56. The molecule has 0 bridgehead atoms. The topological polar surface area (TPSA) is 26.3 Å². The molecule has 0 N–H and O–H groups in total. The quantitative estimate of drug-likeness (QED) is 0.552. The van der Waals surface area contributed by atoms with Crippen molar-refractivity contribution >= 4 is 11.9 Å². The van der Waals surface area contributed by atoms with Crippen LogP contribution < -0.4 is 4.74 Å². The van der Waals surface area contributed by atoms with Gasteiger partial charge in [0.2, 0.25) is 0 Å². The zero-order valence-corrected chi connectivity index (χ0v) is 13.9. The fraction of sp³-hybridized carbons (Fsp3) is 0.450. The summed E-state index contributed by atoms with van der Waals surface area (Å²) in [6.45, 7) is 4.04. The van der Waals surface area contributed by atoms with Crippen molar-refractivity contribution in [3.05, 3.63) is 47.1 Å². The van der Waals surface area contributed by atoms with Crippen molar-refractivity contribution in [2.45, 2.75) is 46.0 Å². The van der Waals surface area contributed by atoms with Gasteiger partial charge in [0.05, 0.1) is 7.11 Å². The Morgan fingerprint density at radius 3 is 2.27 bits per heavy atom. The van der Waals surface area contributed by atoms with Gasteiger partial charge >= 0.3 is 0 Å². The van der Waals surface area contributed by atoms with Gasteiger partial charge in [0.15, 0.2) is 5.78 Å². The van der Waals surface area contributed by atoms with Gasteiger partial charge in [0, 0.05) is 11.5 Å². The molecule has 2 nitrogen and oxygen atoms in total. The molecule has 1 fully saturated rings. The molecule has 1 aromatic carbocycles. The Balaban J connectivity index is 2.12. The minimum absolute atomic E-state index is 0.221. The van der Waals surface area contributed by atoms with E-state index in [9.17, 15) is 4.79 Å². The molecule has 0 radical (unpaired) electrons. The molecule has 1 aliphatic rings. The van der Waals surface area contributed by atoms with E-state index in [2.05, 4.69) is 0 Å². The summed E-state index contributed by atoms with van der Waals surface area (Å²) in [5.74, 6) is 1.39. The van der Waals surface area contributed by atoms with Gasteiger partial charge in [0.1, 0.15) is 5.75 Å². The fourth-order valence-electron chi connectivity index (χ4n) is 2.97. The Hall–Kier alpha value is -1.83. The van der Waals surface area contributed by atoms with Crippen LogP contribution in [0, 0.1) is 5.92 Å². The molecule has 0 aliphatic heterocycles. The molecular formula is C20H26O2. The smallest absolute Gasteiger partial charge is 0.165 e. The van der Waals surface area contributed by atoms with E-state index in [4.69, 9.17) is 4.74 Å². The highest BCUT2D eigenvalue weighted by molar-refractivity contribution is 6.01. The van der Waals surface area contributed by atoms with E-state index in [1.165, 1.54) is 19.3 Å². The third kappa shape index (κ3) is 4.33. The number of allylic oxidation sites excluding steroid dienone is 3. The number of carbonyl (C=O) groups is 1. The van der Waals surface area contributed by atoms with E-state index in [1.54, 1.807) is 7.11 Å². The van der Waals surface area contributed by atoms with Gasteiger partial charge in [-0.15, -0.1) is 0 Å². The highest BCUT2D eigenvalue weighted by atomic mass is 16.5. The maximum atomic E-state index is 12.7. The zero-order chi connectivity index (χ0) is 15.9. The number of benzene rings is 1. The Labute approximate surface area is 133 Å². The third-order valence-electron chi connectivity index (χ3n) is 4.34. The molecule has 1 aliphatic carbocycles. The average molecular weight is 298 g/mol. The lowest BCUT2D eigenvalue weighted by Crippen LogP contribution is -2.19. The first kappa shape index (κ1) is 16.5. The third-order valence-corrected chi connectivity index (χ3v) is 4.34. The van der Waals surface area contributed by atoms with E-state index in [-0.39, 0.29) is 5.92 Å². The van der Waals surface area contributed by atoms with Gasteiger partial charge in [-0.3, -0.25) is 4.79 Å². The standard InChI is InChI=1S/C20H26O2/c1-15(2)19(20(21)17-7-5-4-6-8-17)14-11-16-9-12-18(22-3)13-10-16/h9-14,17H,4-8H2,1-3H3/b14-11+. The first-order valence-electron chi connectivity index (χ1n) is 8.15. The molecular weight excluding hydrogens is 272 g/mol. The van der Waals surface area contributed by atoms with E-state index in [1.807, 2.05) is 50.3 Å². The van der Waals surface area contributed by atoms with Crippen molar-refractivity contribution < 1.29 is 9.53 Å². The summed E-state index contributed by atoms with van der Waals surface area (Å²) >= 11 is 0. The van der Waals surface area contributed by atoms with Crippen LogP contribution in [0.5, 0.6) is 5.75 Å². The van der Waals surface area contributed by atoms with Crippen LogP contribution in [0.1, 0.15) is 51.5 Å². The predicted octanol–water partition coefficient (Wildman–Crippen LogP) is 5.19. The summed E-state index contributed by atoms with van der Waals surface area (Å²) in [7, 11) is 1.66. The second-order valence-corrected chi connectivity index (χ2v) is 6.22. The minimum Gasteiger partial charge on any atom is -0.497 e. The fourth-order valence-corrected chi connectivity index (χ4v) is 2.97. The molecule has 0 unspecified atom stereocenters. The van der Waals surface area contributed by atoms with E-state index < -0.39 is 0 Å². The molecule has 1 saturated carbocycles. The molecule has 0 spiro atoms. The maximum absolute atomic E-state index is 12.7. The molecule has 0 amide bonds. The summed E-state index contributed by atoms with van der Waals surface area (Å²) in [6.07, 6.45) is 9.74. The molecule has 22 heavy (non-hydrogen) atoms. The zero-order valence-electron chi connectivity index (χ0n) is 13.9. The number of methoxy groups -OCH3 is 1. The van der Waals surface area contributed by atoms with Crippen LogP contribution in [0.4, 0.5) is 0 Å². The van der Waals surface area contributed by atoms with Crippen molar-refractivity contribution in [1.29, 1.82) is 0 Å². The summed E-state index contributed by atoms with van der Waals surface area (Å²) < 4.78 is 5.16. The molecule has 0 saturated heterocycles. The Bertz CT molecular complexity index is 554. The predicted molar refractivity (Wildman–Crippen MR) is 92.0 cm³/mol. The number of Topliss-reactive ketones (excluding diaryl/α,β-unsaturated/α-hetero) is 1. The number of ketones is 1. The largest absolute Gasteiger partial charge is 0.497 e. The highest BCUT2D eigenvalue weighted by Gasteiger charge is 2.23.